The van der Waals surface area contributed by atoms with E-state index in [4.69, 9.17) is 4.52 Å². The minimum absolute atomic E-state index is 0.251. The Morgan fingerprint density at radius 1 is 1.24 bits per heavy atom. The van der Waals surface area contributed by atoms with Crippen molar-refractivity contribution in [3.05, 3.63) is 65.3 Å². The van der Waals surface area contributed by atoms with E-state index < -0.39 is 0 Å². The molecule has 0 N–H and O–H groups in total. The largest absolute Gasteiger partial charge is 0.339 e. The molecule has 0 amide bonds. The molecule has 1 aromatic carbocycles. The van der Waals surface area contributed by atoms with E-state index in [-0.39, 0.29) is 5.82 Å². The van der Waals surface area contributed by atoms with Gasteiger partial charge in [0.05, 0.1) is 6.20 Å². The first kappa shape index (κ1) is 13.5. The lowest BCUT2D eigenvalue weighted by Crippen LogP contribution is -1.95. The van der Waals surface area contributed by atoms with Crippen LogP contribution >= 0.6 is 0 Å². The van der Waals surface area contributed by atoms with E-state index in [9.17, 15) is 4.39 Å². The minimum Gasteiger partial charge on any atom is -0.339 e. The van der Waals surface area contributed by atoms with Crippen molar-refractivity contribution in [3.8, 4) is 0 Å². The second-order valence-corrected chi connectivity index (χ2v) is 4.89. The first-order valence-electron chi connectivity index (χ1n) is 6.73. The van der Waals surface area contributed by atoms with Crippen LogP contribution in [0.25, 0.3) is 0 Å². The summed E-state index contributed by atoms with van der Waals surface area (Å²) in [5, 5.41) is 8.00. The third kappa shape index (κ3) is 3.34. The Kier molecular flexibility index (Phi) is 3.77. The Hall–Kier alpha value is -2.50. The molecule has 2 heterocycles. The van der Waals surface area contributed by atoms with Crippen LogP contribution in [0.2, 0.25) is 0 Å². The van der Waals surface area contributed by atoms with E-state index in [1.54, 1.807) is 22.9 Å². The smallest absolute Gasteiger partial charge is 0.226 e. The molecule has 0 fully saturated rings. The molecule has 0 aliphatic rings. The summed E-state index contributed by atoms with van der Waals surface area (Å²) >= 11 is 0. The minimum atomic E-state index is -0.251. The lowest BCUT2D eigenvalue weighted by atomic mass is 10.1. The Morgan fingerprint density at radius 2 is 2.10 bits per heavy atom. The summed E-state index contributed by atoms with van der Waals surface area (Å²) in [4.78, 5) is 4.30. The molecule has 3 rings (SSSR count). The van der Waals surface area contributed by atoms with Crippen molar-refractivity contribution in [2.24, 2.45) is 7.05 Å². The number of aromatic nitrogens is 4. The summed E-state index contributed by atoms with van der Waals surface area (Å²) in [5.74, 6) is 0.811. The van der Waals surface area contributed by atoms with E-state index in [2.05, 4.69) is 15.2 Å². The molecule has 0 saturated carbocycles. The normalized spacial score (nSPS) is 11.0. The zero-order valence-electron chi connectivity index (χ0n) is 11.7. The molecule has 6 heteroatoms. The van der Waals surface area contributed by atoms with Crippen LogP contribution in [-0.4, -0.2) is 19.9 Å². The van der Waals surface area contributed by atoms with Gasteiger partial charge in [-0.25, -0.2) is 4.39 Å². The lowest BCUT2D eigenvalue weighted by Gasteiger charge is -1.97. The van der Waals surface area contributed by atoms with E-state index in [1.165, 1.54) is 6.07 Å². The van der Waals surface area contributed by atoms with Gasteiger partial charge in [-0.05, 0) is 23.6 Å². The molecular formula is C15H15FN4O. The maximum absolute atomic E-state index is 13.6. The predicted molar refractivity (Wildman–Crippen MR) is 74.1 cm³/mol. The van der Waals surface area contributed by atoms with Crippen LogP contribution in [0.5, 0.6) is 0 Å². The zero-order chi connectivity index (χ0) is 14.7. The van der Waals surface area contributed by atoms with Crippen LogP contribution in [0.15, 0.2) is 41.2 Å². The fourth-order valence-corrected chi connectivity index (χ4v) is 2.13. The fraction of sp³-hybridized carbons (Fsp3) is 0.267. The van der Waals surface area contributed by atoms with Crippen LogP contribution in [0.1, 0.15) is 22.8 Å². The average Bonchev–Trinajstić information content (AvgIpc) is 3.08. The topological polar surface area (TPSA) is 56.7 Å². The van der Waals surface area contributed by atoms with Crippen molar-refractivity contribution in [2.75, 3.05) is 0 Å². The van der Waals surface area contributed by atoms with E-state index in [0.717, 1.165) is 12.0 Å². The van der Waals surface area contributed by atoms with Crippen molar-refractivity contribution in [3.63, 3.8) is 0 Å². The summed E-state index contributed by atoms with van der Waals surface area (Å²) < 4.78 is 20.5. The zero-order valence-corrected chi connectivity index (χ0v) is 11.7. The van der Waals surface area contributed by atoms with Crippen LogP contribution in [0.3, 0.4) is 0 Å². The van der Waals surface area contributed by atoms with Crippen molar-refractivity contribution in [2.45, 2.75) is 19.3 Å². The van der Waals surface area contributed by atoms with Crippen molar-refractivity contribution >= 4 is 0 Å². The summed E-state index contributed by atoms with van der Waals surface area (Å²) in [7, 11) is 1.88. The van der Waals surface area contributed by atoms with Crippen molar-refractivity contribution in [1.29, 1.82) is 0 Å². The molecule has 0 aliphatic heterocycles. The second kappa shape index (κ2) is 5.87. The lowest BCUT2D eigenvalue weighted by molar-refractivity contribution is 0.373. The van der Waals surface area contributed by atoms with Gasteiger partial charge in [-0.3, -0.25) is 4.68 Å². The molecule has 0 radical (unpaired) electrons. The average molecular weight is 286 g/mol. The molecule has 2 aromatic heterocycles. The third-order valence-corrected chi connectivity index (χ3v) is 3.20. The SMILES string of the molecule is Cn1cc(CCc2nc(Cc3ccccc3F)no2)cn1. The van der Waals surface area contributed by atoms with E-state index in [1.807, 2.05) is 19.4 Å². The molecule has 0 bridgehead atoms. The summed E-state index contributed by atoms with van der Waals surface area (Å²) in [6, 6.07) is 6.61. The van der Waals surface area contributed by atoms with Gasteiger partial charge in [0, 0.05) is 26.1 Å². The molecular weight excluding hydrogens is 271 g/mol. The molecule has 0 atom stereocenters. The van der Waals surface area contributed by atoms with Crippen LogP contribution in [-0.2, 0) is 26.3 Å². The van der Waals surface area contributed by atoms with Gasteiger partial charge >= 0.3 is 0 Å². The molecule has 0 aliphatic carbocycles. The first-order valence-corrected chi connectivity index (χ1v) is 6.73. The highest BCUT2D eigenvalue weighted by molar-refractivity contribution is 5.20. The van der Waals surface area contributed by atoms with Gasteiger partial charge < -0.3 is 4.52 Å². The standard InChI is InChI=1S/C15H15FN4O/c1-20-10-11(9-17-20)6-7-15-18-14(19-21-15)8-12-4-2-3-5-13(12)16/h2-5,9-10H,6-8H2,1H3. The Morgan fingerprint density at radius 3 is 2.86 bits per heavy atom. The predicted octanol–water partition coefficient (Wildman–Crippen LogP) is 2.32. The molecule has 0 unspecified atom stereocenters. The van der Waals surface area contributed by atoms with Crippen molar-refractivity contribution in [1.82, 2.24) is 19.9 Å². The van der Waals surface area contributed by atoms with Gasteiger partial charge in [0.2, 0.25) is 5.89 Å². The molecule has 0 spiro atoms. The Balaban J connectivity index is 1.62. The van der Waals surface area contributed by atoms with Gasteiger partial charge in [0.15, 0.2) is 5.82 Å². The number of rotatable bonds is 5. The molecule has 108 valence electrons. The number of halogens is 1. The Labute approximate surface area is 121 Å². The van der Waals surface area contributed by atoms with Gasteiger partial charge in [-0.1, -0.05) is 23.4 Å². The molecule has 0 saturated heterocycles. The highest BCUT2D eigenvalue weighted by atomic mass is 19.1. The van der Waals surface area contributed by atoms with Gasteiger partial charge in [-0.2, -0.15) is 10.1 Å². The third-order valence-electron chi connectivity index (χ3n) is 3.20. The number of hydrogen-bond donors (Lipinski definition) is 0. The van der Waals surface area contributed by atoms with Gasteiger partial charge in [0.25, 0.3) is 0 Å². The maximum atomic E-state index is 13.6. The molecule has 5 nitrogen and oxygen atoms in total. The van der Waals surface area contributed by atoms with Crippen LogP contribution < -0.4 is 0 Å². The monoisotopic (exact) mass is 286 g/mol. The number of nitrogens with zero attached hydrogens (tertiary/aromatic N) is 4. The molecule has 21 heavy (non-hydrogen) atoms. The highest BCUT2D eigenvalue weighted by Gasteiger charge is 2.10. The quantitative estimate of drug-likeness (QED) is 0.722. The summed E-state index contributed by atoms with van der Waals surface area (Å²) in [5.41, 5.74) is 1.68. The maximum Gasteiger partial charge on any atom is 0.226 e. The number of hydrogen-bond acceptors (Lipinski definition) is 4. The summed E-state index contributed by atoms with van der Waals surface area (Å²) in [6.07, 6.45) is 5.54. The van der Waals surface area contributed by atoms with Crippen LogP contribution in [0.4, 0.5) is 4.39 Å². The second-order valence-electron chi connectivity index (χ2n) is 4.89. The Bertz CT molecular complexity index is 735. The van der Waals surface area contributed by atoms with Gasteiger partial charge in [-0.15, -0.1) is 0 Å². The van der Waals surface area contributed by atoms with E-state index >= 15 is 0 Å². The number of benzene rings is 1. The van der Waals surface area contributed by atoms with E-state index in [0.29, 0.717) is 30.1 Å². The van der Waals surface area contributed by atoms with Crippen molar-refractivity contribution < 1.29 is 8.91 Å². The number of aryl methyl sites for hydroxylation is 3. The fourth-order valence-electron chi connectivity index (χ4n) is 2.13. The highest BCUT2D eigenvalue weighted by Crippen LogP contribution is 2.12. The molecule has 3 aromatic rings. The van der Waals surface area contributed by atoms with Crippen LogP contribution in [0, 0.1) is 5.82 Å². The van der Waals surface area contributed by atoms with Gasteiger partial charge in [0.1, 0.15) is 5.82 Å². The first-order chi connectivity index (χ1) is 10.2. The summed E-state index contributed by atoms with van der Waals surface area (Å²) in [6.45, 7) is 0.